The number of nitriles is 1. The van der Waals surface area contributed by atoms with E-state index in [-0.39, 0.29) is 29.9 Å². The highest BCUT2D eigenvalue weighted by Gasteiger charge is 2.25. The second kappa shape index (κ2) is 9.74. The van der Waals surface area contributed by atoms with Crippen LogP contribution in [0.3, 0.4) is 0 Å². The van der Waals surface area contributed by atoms with E-state index in [1.807, 2.05) is 13.0 Å². The molecule has 30 heavy (non-hydrogen) atoms. The lowest BCUT2D eigenvalue weighted by Gasteiger charge is -2.32. The topological polar surface area (TPSA) is 99.5 Å². The van der Waals surface area contributed by atoms with Gasteiger partial charge in [-0.3, -0.25) is 4.79 Å². The number of hydrogen-bond donors (Lipinski definition) is 1. The number of rotatable bonds is 7. The molecule has 8 heteroatoms. The summed E-state index contributed by atoms with van der Waals surface area (Å²) >= 11 is 0. The third-order valence-electron chi connectivity index (χ3n) is 5.11. The molecule has 1 atom stereocenters. The summed E-state index contributed by atoms with van der Waals surface area (Å²) in [5, 5.41) is 8.82. The first kappa shape index (κ1) is 21.8. The normalized spacial score (nSPS) is 16.7. The first-order chi connectivity index (χ1) is 14.4. The van der Waals surface area contributed by atoms with Gasteiger partial charge in [0.05, 0.1) is 16.5 Å². The average Bonchev–Trinajstić information content (AvgIpc) is 2.77. The zero-order valence-electron chi connectivity index (χ0n) is 16.9. The summed E-state index contributed by atoms with van der Waals surface area (Å²) in [6, 6.07) is 15.3. The van der Waals surface area contributed by atoms with Crippen molar-refractivity contribution in [1.29, 1.82) is 5.26 Å². The van der Waals surface area contributed by atoms with Crippen LogP contribution in [0.4, 0.5) is 0 Å². The fourth-order valence-corrected chi connectivity index (χ4v) is 4.46. The molecule has 7 nitrogen and oxygen atoms in total. The van der Waals surface area contributed by atoms with Crippen molar-refractivity contribution in [2.45, 2.75) is 24.7 Å². The molecule has 2 aromatic carbocycles. The van der Waals surface area contributed by atoms with Crippen molar-refractivity contribution in [2.75, 3.05) is 26.2 Å². The van der Waals surface area contributed by atoms with Crippen molar-refractivity contribution < 1.29 is 17.9 Å². The predicted octanol–water partition coefficient (Wildman–Crippen LogP) is 2.46. The number of amides is 1. The number of carbonyl (C=O) groups is 1. The molecule has 0 aromatic heterocycles. The minimum atomic E-state index is -3.57. The summed E-state index contributed by atoms with van der Waals surface area (Å²) in [6.45, 7) is 3.23. The number of likely N-dealkylation sites (tertiary alicyclic amines) is 1. The molecule has 158 valence electrons. The SMILES string of the molecule is Cc1ccc(S(=O)(=O)NCC2CCCN(C(=O)COc3ccc(C#N)cc3)C2)cc1. The second-order valence-electron chi connectivity index (χ2n) is 7.44. The average molecular weight is 428 g/mol. The Labute approximate surface area is 177 Å². The summed E-state index contributed by atoms with van der Waals surface area (Å²) < 4.78 is 33.1. The van der Waals surface area contributed by atoms with Crippen LogP contribution in [0.2, 0.25) is 0 Å². The molecule has 1 N–H and O–H groups in total. The zero-order valence-corrected chi connectivity index (χ0v) is 17.7. The van der Waals surface area contributed by atoms with E-state index in [4.69, 9.17) is 10.00 Å². The van der Waals surface area contributed by atoms with Crippen LogP contribution >= 0.6 is 0 Å². The van der Waals surface area contributed by atoms with Crippen LogP contribution in [-0.2, 0) is 14.8 Å². The smallest absolute Gasteiger partial charge is 0.260 e. The lowest BCUT2D eigenvalue weighted by atomic mass is 9.98. The lowest BCUT2D eigenvalue weighted by molar-refractivity contribution is -0.135. The first-order valence-corrected chi connectivity index (χ1v) is 11.3. The third-order valence-corrected chi connectivity index (χ3v) is 6.55. The molecule has 0 aliphatic carbocycles. The number of nitrogens with zero attached hydrogens (tertiary/aromatic N) is 2. The monoisotopic (exact) mass is 427 g/mol. The summed E-state index contributed by atoms with van der Waals surface area (Å²) in [7, 11) is -3.57. The van der Waals surface area contributed by atoms with E-state index in [9.17, 15) is 13.2 Å². The Kier molecular flexibility index (Phi) is 7.08. The maximum atomic E-state index is 12.5. The van der Waals surface area contributed by atoms with Gasteiger partial charge in [0.1, 0.15) is 5.75 Å². The molecule has 1 unspecified atom stereocenters. The van der Waals surface area contributed by atoms with Gasteiger partial charge in [-0.2, -0.15) is 5.26 Å². The van der Waals surface area contributed by atoms with Crippen molar-refractivity contribution in [3.63, 3.8) is 0 Å². The van der Waals surface area contributed by atoms with Crippen molar-refractivity contribution in [3.05, 3.63) is 59.7 Å². The summed E-state index contributed by atoms with van der Waals surface area (Å²) in [6.07, 6.45) is 1.68. The maximum absolute atomic E-state index is 12.5. The number of aryl methyl sites for hydroxylation is 1. The molecule has 0 radical (unpaired) electrons. The molecule has 1 amide bonds. The van der Waals surface area contributed by atoms with Crippen molar-refractivity contribution in [2.24, 2.45) is 5.92 Å². The van der Waals surface area contributed by atoms with E-state index in [0.29, 0.717) is 24.4 Å². The molecule has 0 spiro atoms. The van der Waals surface area contributed by atoms with Gasteiger partial charge in [0, 0.05) is 19.6 Å². The van der Waals surface area contributed by atoms with Crippen LogP contribution in [0, 0.1) is 24.2 Å². The van der Waals surface area contributed by atoms with Crippen LogP contribution in [0.1, 0.15) is 24.0 Å². The summed E-state index contributed by atoms with van der Waals surface area (Å²) in [4.78, 5) is 14.5. The van der Waals surface area contributed by atoms with E-state index in [1.54, 1.807) is 53.4 Å². The highest BCUT2D eigenvalue weighted by molar-refractivity contribution is 7.89. The van der Waals surface area contributed by atoms with Gasteiger partial charge in [0.25, 0.3) is 5.91 Å². The molecule has 1 heterocycles. The molecule has 1 fully saturated rings. The molecule has 0 saturated carbocycles. The van der Waals surface area contributed by atoms with E-state index < -0.39 is 10.0 Å². The molecular formula is C22H25N3O4S. The van der Waals surface area contributed by atoms with Crippen LogP contribution in [0.25, 0.3) is 0 Å². The van der Waals surface area contributed by atoms with Gasteiger partial charge >= 0.3 is 0 Å². The lowest BCUT2D eigenvalue weighted by Crippen LogP contribution is -2.45. The molecular weight excluding hydrogens is 402 g/mol. The number of nitrogens with one attached hydrogen (secondary N) is 1. The maximum Gasteiger partial charge on any atom is 0.260 e. The fourth-order valence-electron chi connectivity index (χ4n) is 3.35. The van der Waals surface area contributed by atoms with E-state index in [1.165, 1.54) is 0 Å². The number of hydrogen-bond acceptors (Lipinski definition) is 5. The van der Waals surface area contributed by atoms with Crippen molar-refractivity contribution in [3.8, 4) is 11.8 Å². The van der Waals surface area contributed by atoms with Gasteiger partial charge in [-0.15, -0.1) is 0 Å². The summed E-state index contributed by atoms with van der Waals surface area (Å²) in [5.74, 6) is 0.449. The fraction of sp³-hybridized carbons (Fsp3) is 0.364. The van der Waals surface area contributed by atoms with E-state index in [0.717, 1.165) is 18.4 Å². The Balaban J connectivity index is 1.50. The van der Waals surface area contributed by atoms with Gasteiger partial charge < -0.3 is 9.64 Å². The van der Waals surface area contributed by atoms with Gasteiger partial charge in [0.15, 0.2) is 6.61 Å². The quantitative estimate of drug-likeness (QED) is 0.732. The van der Waals surface area contributed by atoms with Gasteiger partial charge in [-0.25, -0.2) is 13.1 Å². The molecule has 0 bridgehead atoms. The van der Waals surface area contributed by atoms with Gasteiger partial charge in [-0.1, -0.05) is 17.7 Å². The molecule has 1 aliphatic heterocycles. The van der Waals surface area contributed by atoms with E-state index >= 15 is 0 Å². The molecule has 1 saturated heterocycles. The Morgan fingerprint density at radius 3 is 2.57 bits per heavy atom. The number of benzene rings is 2. The second-order valence-corrected chi connectivity index (χ2v) is 9.20. The Bertz CT molecular complexity index is 1010. The molecule has 1 aliphatic rings. The number of ether oxygens (including phenoxy) is 1. The first-order valence-electron chi connectivity index (χ1n) is 9.84. The predicted molar refractivity (Wildman–Crippen MR) is 112 cm³/mol. The number of sulfonamides is 1. The minimum Gasteiger partial charge on any atom is -0.484 e. The van der Waals surface area contributed by atoms with Crippen LogP contribution in [0.15, 0.2) is 53.4 Å². The molecule has 3 rings (SSSR count). The number of piperidine rings is 1. The Morgan fingerprint density at radius 2 is 1.90 bits per heavy atom. The molecule has 2 aromatic rings. The van der Waals surface area contributed by atoms with Crippen molar-refractivity contribution in [1.82, 2.24) is 9.62 Å². The minimum absolute atomic E-state index is 0.0536. The van der Waals surface area contributed by atoms with Crippen LogP contribution < -0.4 is 9.46 Å². The largest absolute Gasteiger partial charge is 0.484 e. The Morgan fingerprint density at radius 1 is 1.20 bits per heavy atom. The van der Waals surface area contributed by atoms with Crippen LogP contribution in [0.5, 0.6) is 5.75 Å². The van der Waals surface area contributed by atoms with E-state index in [2.05, 4.69) is 4.72 Å². The highest BCUT2D eigenvalue weighted by atomic mass is 32.2. The van der Waals surface area contributed by atoms with Crippen molar-refractivity contribution >= 4 is 15.9 Å². The van der Waals surface area contributed by atoms with Gasteiger partial charge in [-0.05, 0) is 62.1 Å². The number of carbonyl (C=O) groups excluding carboxylic acids is 1. The summed E-state index contributed by atoms with van der Waals surface area (Å²) in [5.41, 5.74) is 1.53. The highest BCUT2D eigenvalue weighted by Crippen LogP contribution is 2.18. The third kappa shape index (κ3) is 5.81. The van der Waals surface area contributed by atoms with Gasteiger partial charge in [0.2, 0.25) is 10.0 Å². The standard InChI is InChI=1S/C22H25N3O4S/c1-17-4-10-21(11-5-17)30(27,28)24-14-19-3-2-12-25(15-19)22(26)16-29-20-8-6-18(13-23)7-9-20/h4-11,19,24H,2-3,12,14-16H2,1H3. The van der Waals surface area contributed by atoms with Crippen LogP contribution in [-0.4, -0.2) is 45.5 Å². The Hall–Kier alpha value is -2.89. The zero-order chi connectivity index (χ0) is 21.6.